The number of nitrogens with one attached hydrogen (secondary N) is 1. The SMILES string of the molecule is CN1CCN(c2ccc(NC(=O)c3ccc(F)cc3Cl)cc2)CC1. The topological polar surface area (TPSA) is 35.6 Å². The summed E-state index contributed by atoms with van der Waals surface area (Å²) in [5.41, 5.74) is 2.07. The molecule has 1 heterocycles. The van der Waals surface area contributed by atoms with Crippen molar-refractivity contribution >= 4 is 28.9 Å². The molecule has 2 aromatic rings. The fourth-order valence-corrected chi connectivity index (χ4v) is 2.95. The van der Waals surface area contributed by atoms with E-state index in [0.29, 0.717) is 5.69 Å². The summed E-state index contributed by atoms with van der Waals surface area (Å²) in [5, 5.41) is 2.88. The number of benzene rings is 2. The number of carbonyl (C=O) groups is 1. The van der Waals surface area contributed by atoms with E-state index in [4.69, 9.17) is 11.6 Å². The van der Waals surface area contributed by atoms with Gasteiger partial charge in [-0.2, -0.15) is 0 Å². The van der Waals surface area contributed by atoms with Crippen molar-refractivity contribution in [3.8, 4) is 0 Å². The highest BCUT2D eigenvalue weighted by Gasteiger charge is 2.15. The van der Waals surface area contributed by atoms with Crippen molar-refractivity contribution in [3.05, 3.63) is 58.9 Å². The number of carbonyl (C=O) groups excluding carboxylic acids is 1. The van der Waals surface area contributed by atoms with Crippen LogP contribution in [0.25, 0.3) is 0 Å². The van der Waals surface area contributed by atoms with Crippen molar-refractivity contribution < 1.29 is 9.18 Å². The smallest absolute Gasteiger partial charge is 0.257 e. The van der Waals surface area contributed by atoms with Gasteiger partial charge in [0.2, 0.25) is 0 Å². The number of anilines is 2. The van der Waals surface area contributed by atoms with Crippen LogP contribution >= 0.6 is 11.6 Å². The molecule has 0 radical (unpaired) electrons. The highest BCUT2D eigenvalue weighted by atomic mass is 35.5. The van der Waals surface area contributed by atoms with E-state index in [1.807, 2.05) is 24.3 Å². The molecule has 1 aliphatic rings. The van der Waals surface area contributed by atoms with E-state index in [0.717, 1.165) is 37.9 Å². The molecule has 0 atom stereocenters. The van der Waals surface area contributed by atoms with E-state index >= 15 is 0 Å². The second-order valence-corrected chi connectivity index (χ2v) is 6.32. The maximum Gasteiger partial charge on any atom is 0.257 e. The zero-order chi connectivity index (χ0) is 17.1. The van der Waals surface area contributed by atoms with Gasteiger partial charge < -0.3 is 15.1 Å². The minimum atomic E-state index is -0.465. The van der Waals surface area contributed by atoms with Crippen LogP contribution in [0.3, 0.4) is 0 Å². The molecule has 0 spiro atoms. The number of hydrogen-bond donors (Lipinski definition) is 1. The first-order valence-electron chi connectivity index (χ1n) is 7.83. The molecular formula is C18H19ClFN3O. The number of piperazine rings is 1. The Morgan fingerprint density at radius 1 is 1.08 bits per heavy atom. The Hall–Kier alpha value is -2.11. The van der Waals surface area contributed by atoms with Gasteiger partial charge in [0.05, 0.1) is 10.6 Å². The van der Waals surface area contributed by atoms with Crippen LogP contribution in [0.4, 0.5) is 15.8 Å². The van der Waals surface area contributed by atoms with Gasteiger partial charge in [-0.15, -0.1) is 0 Å². The monoisotopic (exact) mass is 347 g/mol. The van der Waals surface area contributed by atoms with Crippen LogP contribution in [0.2, 0.25) is 5.02 Å². The lowest BCUT2D eigenvalue weighted by atomic mass is 10.2. The van der Waals surface area contributed by atoms with Crippen LogP contribution in [-0.2, 0) is 0 Å². The summed E-state index contributed by atoms with van der Waals surface area (Å²) in [7, 11) is 2.12. The summed E-state index contributed by atoms with van der Waals surface area (Å²) in [4.78, 5) is 16.9. The number of rotatable bonds is 3. The summed E-state index contributed by atoms with van der Waals surface area (Å²) in [6, 6.07) is 11.4. The summed E-state index contributed by atoms with van der Waals surface area (Å²) < 4.78 is 13.1. The van der Waals surface area contributed by atoms with Crippen LogP contribution in [-0.4, -0.2) is 44.0 Å². The van der Waals surface area contributed by atoms with Crippen LogP contribution in [0.15, 0.2) is 42.5 Å². The molecule has 0 bridgehead atoms. The van der Waals surface area contributed by atoms with E-state index in [1.54, 1.807) is 0 Å². The molecule has 1 amide bonds. The molecule has 4 nitrogen and oxygen atoms in total. The van der Waals surface area contributed by atoms with Crippen LogP contribution < -0.4 is 10.2 Å². The van der Waals surface area contributed by atoms with E-state index < -0.39 is 5.82 Å². The zero-order valence-electron chi connectivity index (χ0n) is 13.4. The second kappa shape index (κ2) is 7.20. The van der Waals surface area contributed by atoms with Gasteiger partial charge in [-0.1, -0.05) is 11.6 Å². The first kappa shape index (κ1) is 16.7. The van der Waals surface area contributed by atoms with Gasteiger partial charge in [0.25, 0.3) is 5.91 Å². The predicted molar refractivity (Wildman–Crippen MR) is 95.5 cm³/mol. The Bertz CT molecular complexity index is 728. The third kappa shape index (κ3) is 3.86. The van der Waals surface area contributed by atoms with Gasteiger partial charge in [-0.3, -0.25) is 4.79 Å². The molecule has 0 aromatic heterocycles. The minimum absolute atomic E-state index is 0.0987. The Morgan fingerprint density at radius 3 is 2.38 bits per heavy atom. The van der Waals surface area contributed by atoms with Gasteiger partial charge in [-0.05, 0) is 49.5 Å². The van der Waals surface area contributed by atoms with Crippen LogP contribution in [0, 0.1) is 5.82 Å². The Kier molecular flexibility index (Phi) is 5.02. The number of halogens is 2. The number of nitrogens with zero attached hydrogens (tertiary/aromatic N) is 2. The summed E-state index contributed by atoms with van der Waals surface area (Å²) in [6.07, 6.45) is 0. The van der Waals surface area contributed by atoms with Gasteiger partial charge in [0.15, 0.2) is 0 Å². The zero-order valence-corrected chi connectivity index (χ0v) is 14.2. The van der Waals surface area contributed by atoms with Crippen molar-refractivity contribution in [2.75, 3.05) is 43.4 Å². The number of amides is 1. The lowest BCUT2D eigenvalue weighted by molar-refractivity contribution is 0.102. The Labute approximate surface area is 145 Å². The molecule has 1 fully saturated rings. The van der Waals surface area contributed by atoms with E-state index in [2.05, 4.69) is 22.2 Å². The Morgan fingerprint density at radius 2 is 1.75 bits per heavy atom. The largest absolute Gasteiger partial charge is 0.369 e. The molecule has 0 saturated carbocycles. The van der Waals surface area contributed by atoms with Crippen molar-refractivity contribution in [2.45, 2.75) is 0 Å². The molecule has 2 aromatic carbocycles. The minimum Gasteiger partial charge on any atom is -0.369 e. The third-order valence-electron chi connectivity index (χ3n) is 4.17. The van der Waals surface area contributed by atoms with Gasteiger partial charge in [0.1, 0.15) is 5.82 Å². The lowest BCUT2D eigenvalue weighted by Crippen LogP contribution is -2.44. The average molecular weight is 348 g/mol. The van der Waals surface area contributed by atoms with Crippen molar-refractivity contribution in [1.82, 2.24) is 4.90 Å². The van der Waals surface area contributed by atoms with Crippen LogP contribution in [0.1, 0.15) is 10.4 Å². The summed E-state index contributed by atoms with van der Waals surface area (Å²) in [6.45, 7) is 4.07. The molecule has 1 saturated heterocycles. The predicted octanol–water partition coefficient (Wildman–Crippen LogP) is 3.48. The van der Waals surface area contributed by atoms with Crippen molar-refractivity contribution in [3.63, 3.8) is 0 Å². The van der Waals surface area contributed by atoms with Crippen molar-refractivity contribution in [1.29, 1.82) is 0 Å². The first-order chi connectivity index (χ1) is 11.5. The lowest BCUT2D eigenvalue weighted by Gasteiger charge is -2.34. The molecule has 0 aliphatic carbocycles. The fraction of sp³-hybridized carbons (Fsp3) is 0.278. The first-order valence-corrected chi connectivity index (χ1v) is 8.21. The van der Waals surface area contributed by atoms with Gasteiger partial charge >= 0.3 is 0 Å². The molecule has 24 heavy (non-hydrogen) atoms. The maximum atomic E-state index is 13.1. The maximum absolute atomic E-state index is 13.1. The number of hydrogen-bond acceptors (Lipinski definition) is 3. The Balaban J connectivity index is 1.66. The van der Waals surface area contributed by atoms with Gasteiger partial charge in [-0.25, -0.2) is 4.39 Å². The average Bonchev–Trinajstić information content (AvgIpc) is 2.56. The second-order valence-electron chi connectivity index (χ2n) is 5.92. The van der Waals surface area contributed by atoms with E-state index in [-0.39, 0.29) is 16.5 Å². The van der Waals surface area contributed by atoms with Gasteiger partial charge in [0, 0.05) is 37.6 Å². The molecule has 126 valence electrons. The quantitative estimate of drug-likeness (QED) is 0.923. The van der Waals surface area contributed by atoms with E-state index in [9.17, 15) is 9.18 Å². The molecule has 6 heteroatoms. The van der Waals surface area contributed by atoms with Crippen LogP contribution in [0.5, 0.6) is 0 Å². The fourth-order valence-electron chi connectivity index (χ4n) is 2.69. The molecule has 3 rings (SSSR count). The highest BCUT2D eigenvalue weighted by molar-refractivity contribution is 6.34. The summed E-state index contributed by atoms with van der Waals surface area (Å²) >= 11 is 5.92. The standard InChI is InChI=1S/C18H19ClFN3O/c1-22-8-10-23(11-9-22)15-5-3-14(4-6-15)21-18(24)16-7-2-13(20)12-17(16)19/h2-7,12H,8-11H2,1H3,(H,21,24). The summed E-state index contributed by atoms with van der Waals surface area (Å²) in [5.74, 6) is -0.819. The van der Waals surface area contributed by atoms with Crippen molar-refractivity contribution in [2.24, 2.45) is 0 Å². The molecule has 0 unspecified atom stereocenters. The normalized spacial score (nSPS) is 15.4. The van der Waals surface area contributed by atoms with E-state index in [1.165, 1.54) is 12.1 Å². The molecule has 1 N–H and O–H groups in total. The molecule has 1 aliphatic heterocycles. The molecular weight excluding hydrogens is 329 g/mol. The number of likely N-dealkylation sites (N-methyl/N-ethyl adjacent to an activating group) is 1. The third-order valence-corrected chi connectivity index (χ3v) is 4.48. The highest BCUT2D eigenvalue weighted by Crippen LogP contribution is 2.22.